The zero-order valence-corrected chi connectivity index (χ0v) is 12.0. The Labute approximate surface area is 126 Å². The summed E-state index contributed by atoms with van der Waals surface area (Å²) in [6.45, 7) is 2.24. The van der Waals surface area contributed by atoms with E-state index in [0.29, 0.717) is 23.9 Å². The molecule has 0 spiro atoms. The highest BCUT2D eigenvalue weighted by Gasteiger charge is 2.06. The van der Waals surface area contributed by atoms with Crippen LogP contribution in [0.4, 0.5) is 21.8 Å². The number of hydrogen-bond donors (Lipinski definition) is 3. The van der Waals surface area contributed by atoms with Gasteiger partial charge in [0.05, 0.1) is 11.9 Å². The van der Waals surface area contributed by atoms with Gasteiger partial charge in [0.1, 0.15) is 11.6 Å². The molecule has 2 heterocycles. The minimum absolute atomic E-state index is 0.224. The highest BCUT2D eigenvalue weighted by Crippen LogP contribution is 2.16. The van der Waals surface area contributed by atoms with Crippen LogP contribution in [0.1, 0.15) is 11.1 Å². The van der Waals surface area contributed by atoms with Gasteiger partial charge in [-0.1, -0.05) is 12.1 Å². The second kappa shape index (κ2) is 6.21. The van der Waals surface area contributed by atoms with Crippen molar-refractivity contribution in [2.45, 2.75) is 13.5 Å². The number of aryl methyl sites for hydroxylation is 1. The smallest absolute Gasteiger partial charge is 0.229 e. The minimum atomic E-state index is -0.224. The Morgan fingerprint density at radius 1 is 1.27 bits per heavy atom. The molecule has 2 aromatic heterocycles. The van der Waals surface area contributed by atoms with E-state index in [1.165, 1.54) is 6.07 Å². The lowest BCUT2D eigenvalue weighted by Crippen LogP contribution is -2.06. The molecule has 0 bridgehead atoms. The van der Waals surface area contributed by atoms with Gasteiger partial charge >= 0.3 is 0 Å². The van der Waals surface area contributed by atoms with E-state index < -0.39 is 0 Å². The predicted molar refractivity (Wildman–Crippen MR) is 82.4 cm³/mol. The van der Waals surface area contributed by atoms with Gasteiger partial charge in [0.25, 0.3) is 0 Å². The molecule has 3 N–H and O–H groups in total. The van der Waals surface area contributed by atoms with Gasteiger partial charge in [-0.15, -0.1) is 0 Å². The van der Waals surface area contributed by atoms with E-state index in [2.05, 4.69) is 30.8 Å². The lowest BCUT2D eigenvalue weighted by atomic mass is 10.1. The molecule has 7 heteroatoms. The average Bonchev–Trinajstić information content (AvgIpc) is 3.00. The fourth-order valence-electron chi connectivity index (χ4n) is 2.04. The number of anilines is 3. The number of aromatic amines is 1. The molecule has 0 saturated heterocycles. The number of hydrogen-bond acceptors (Lipinski definition) is 5. The van der Waals surface area contributed by atoms with Crippen LogP contribution in [0.15, 0.2) is 42.9 Å². The summed E-state index contributed by atoms with van der Waals surface area (Å²) in [5, 5.41) is 12.7. The fourth-order valence-corrected chi connectivity index (χ4v) is 2.04. The molecular formula is C15H15FN6. The first-order valence-electron chi connectivity index (χ1n) is 6.79. The number of nitrogens with zero attached hydrogens (tertiary/aromatic N) is 3. The lowest BCUT2D eigenvalue weighted by Gasteiger charge is -2.10. The Balaban J connectivity index is 1.70. The van der Waals surface area contributed by atoms with E-state index in [4.69, 9.17) is 0 Å². The molecule has 0 atom stereocenters. The summed E-state index contributed by atoms with van der Waals surface area (Å²) < 4.78 is 13.8. The molecule has 0 amide bonds. The number of halogens is 1. The van der Waals surface area contributed by atoms with Crippen molar-refractivity contribution in [1.29, 1.82) is 0 Å². The molecule has 0 fully saturated rings. The van der Waals surface area contributed by atoms with E-state index in [1.807, 2.05) is 13.0 Å². The van der Waals surface area contributed by atoms with Gasteiger partial charge in [-0.3, -0.25) is 5.10 Å². The molecule has 1 aromatic carbocycles. The quantitative estimate of drug-likeness (QED) is 0.675. The van der Waals surface area contributed by atoms with Crippen molar-refractivity contribution < 1.29 is 4.39 Å². The Kier molecular flexibility index (Phi) is 3.95. The first-order valence-corrected chi connectivity index (χ1v) is 6.79. The van der Waals surface area contributed by atoms with Crippen molar-refractivity contribution >= 4 is 17.5 Å². The molecule has 0 radical (unpaired) electrons. The van der Waals surface area contributed by atoms with E-state index in [9.17, 15) is 4.39 Å². The number of H-pyrrole nitrogens is 1. The molecule has 0 aliphatic rings. The highest BCUT2D eigenvalue weighted by atomic mass is 19.1. The van der Waals surface area contributed by atoms with Gasteiger partial charge in [-0.2, -0.15) is 10.1 Å². The number of aromatic nitrogens is 4. The van der Waals surface area contributed by atoms with Gasteiger partial charge in [0, 0.05) is 24.5 Å². The molecule has 112 valence electrons. The van der Waals surface area contributed by atoms with Crippen LogP contribution in [0.2, 0.25) is 0 Å². The number of benzene rings is 1. The molecular weight excluding hydrogens is 283 g/mol. The average molecular weight is 298 g/mol. The van der Waals surface area contributed by atoms with E-state index in [0.717, 1.165) is 11.3 Å². The molecule has 3 aromatic rings. The molecule has 0 unspecified atom stereocenters. The van der Waals surface area contributed by atoms with E-state index in [-0.39, 0.29) is 5.82 Å². The molecule has 3 rings (SSSR count). The molecule has 0 saturated carbocycles. The van der Waals surface area contributed by atoms with Gasteiger partial charge in [-0.25, -0.2) is 9.37 Å². The summed E-state index contributed by atoms with van der Waals surface area (Å²) >= 11 is 0. The first-order chi connectivity index (χ1) is 10.7. The number of rotatable bonds is 5. The Bertz CT molecular complexity index is 736. The van der Waals surface area contributed by atoms with Crippen LogP contribution in [-0.2, 0) is 6.54 Å². The maximum atomic E-state index is 13.8. The maximum absolute atomic E-state index is 13.8. The van der Waals surface area contributed by atoms with Crippen molar-refractivity contribution in [1.82, 2.24) is 20.2 Å². The summed E-state index contributed by atoms with van der Waals surface area (Å²) in [6, 6.07) is 6.77. The van der Waals surface area contributed by atoms with E-state index >= 15 is 0 Å². The third kappa shape index (κ3) is 3.20. The van der Waals surface area contributed by atoms with Crippen molar-refractivity contribution in [3.8, 4) is 0 Å². The largest absolute Gasteiger partial charge is 0.366 e. The van der Waals surface area contributed by atoms with Crippen molar-refractivity contribution in [2.75, 3.05) is 10.6 Å². The zero-order chi connectivity index (χ0) is 15.4. The molecule has 6 nitrogen and oxygen atoms in total. The fraction of sp³-hybridized carbons (Fsp3) is 0.133. The SMILES string of the molecule is Cc1cccc(F)c1CNc1ccnc(Nc2cn[nH]c2)n1. The van der Waals surface area contributed by atoms with E-state index in [1.54, 1.807) is 30.7 Å². The standard InChI is InChI=1S/C15H15FN6/c1-10-3-2-4-13(16)12(10)9-18-14-5-6-17-15(22-14)21-11-7-19-20-8-11/h2-8H,9H2,1H3,(H,19,20)(H2,17,18,21,22). The lowest BCUT2D eigenvalue weighted by molar-refractivity contribution is 0.611. The van der Waals surface area contributed by atoms with Crippen LogP contribution >= 0.6 is 0 Å². The van der Waals surface area contributed by atoms with Crippen molar-refractivity contribution in [3.05, 3.63) is 59.8 Å². The number of nitrogens with one attached hydrogen (secondary N) is 3. The second-order valence-electron chi connectivity index (χ2n) is 4.77. The van der Waals surface area contributed by atoms with Crippen molar-refractivity contribution in [3.63, 3.8) is 0 Å². The van der Waals surface area contributed by atoms with Gasteiger partial charge in [0.15, 0.2) is 0 Å². The first kappa shape index (κ1) is 14.0. The monoisotopic (exact) mass is 298 g/mol. The summed E-state index contributed by atoms with van der Waals surface area (Å²) in [5.74, 6) is 0.832. The second-order valence-corrected chi connectivity index (χ2v) is 4.77. The van der Waals surface area contributed by atoms with Gasteiger partial charge < -0.3 is 10.6 Å². The Morgan fingerprint density at radius 3 is 2.95 bits per heavy atom. The summed E-state index contributed by atoms with van der Waals surface area (Å²) in [7, 11) is 0. The molecule has 0 aliphatic heterocycles. The predicted octanol–water partition coefficient (Wildman–Crippen LogP) is 3.00. The normalized spacial score (nSPS) is 10.5. The third-order valence-corrected chi connectivity index (χ3v) is 3.21. The Hall–Kier alpha value is -2.96. The van der Waals surface area contributed by atoms with Crippen LogP contribution < -0.4 is 10.6 Å². The minimum Gasteiger partial charge on any atom is -0.366 e. The summed E-state index contributed by atoms with van der Waals surface area (Å²) in [6.07, 6.45) is 4.96. The van der Waals surface area contributed by atoms with Crippen LogP contribution in [-0.4, -0.2) is 20.2 Å². The third-order valence-electron chi connectivity index (χ3n) is 3.21. The summed E-state index contributed by atoms with van der Waals surface area (Å²) in [4.78, 5) is 8.45. The molecule has 0 aliphatic carbocycles. The summed E-state index contributed by atoms with van der Waals surface area (Å²) in [5.41, 5.74) is 2.30. The topological polar surface area (TPSA) is 78.5 Å². The zero-order valence-electron chi connectivity index (χ0n) is 12.0. The van der Waals surface area contributed by atoms with Crippen LogP contribution in [0.3, 0.4) is 0 Å². The van der Waals surface area contributed by atoms with Gasteiger partial charge in [-0.05, 0) is 24.6 Å². The highest BCUT2D eigenvalue weighted by molar-refractivity contribution is 5.52. The van der Waals surface area contributed by atoms with Gasteiger partial charge in [0.2, 0.25) is 5.95 Å². The molecule has 22 heavy (non-hydrogen) atoms. The van der Waals surface area contributed by atoms with Crippen LogP contribution in [0.5, 0.6) is 0 Å². The van der Waals surface area contributed by atoms with Crippen LogP contribution in [0, 0.1) is 12.7 Å². The van der Waals surface area contributed by atoms with Crippen LogP contribution in [0.25, 0.3) is 0 Å². The Morgan fingerprint density at radius 2 is 2.18 bits per heavy atom. The maximum Gasteiger partial charge on any atom is 0.229 e. The van der Waals surface area contributed by atoms with Crippen molar-refractivity contribution in [2.24, 2.45) is 0 Å².